The molecule has 2 aromatic rings. The lowest BCUT2D eigenvalue weighted by molar-refractivity contribution is 0.453. The van der Waals surface area contributed by atoms with Crippen LogP contribution in [-0.2, 0) is 7.05 Å². The summed E-state index contributed by atoms with van der Waals surface area (Å²) in [7, 11) is 1.94. The molecular weight excluding hydrogens is 238 g/mol. The van der Waals surface area contributed by atoms with Crippen LogP contribution < -0.4 is 5.32 Å². The Balaban J connectivity index is 1.98. The van der Waals surface area contributed by atoms with Crippen molar-refractivity contribution in [3.8, 4) is 11.4 Å². The Labute approximate surface area is 113 Å². The molecule has 1 saturated heterocycles. The average molecular weight is 257 g/mol. The Morgan fingerprint density at radius 2 is 2.26 bits per heavy atom. The summed E-state index contributed by atoms with van der Waals surface area (Å²) in [5.74, 6) is 1.33. The summed E-state index contributed by atoms with van der Waals surface area (Å²) in [6, 6.07) is 4.10. The molecule has 5 nitrogen and oxygen atoms in total. The zero-order valence-electron chi connectivity index (χ0n) is 11.4. The third-order valence-electron chi connectivity index (χ3n) is 3.66. The minimum atomic E-state index is 0.502. The molecule has 0 saturated carbocycles. The molecule has 3 heterocycles. The molecule has 1 atom stereocenters. The molecule has 0 aliphatic carbocycles. The molecule has 5 heteroatoms. The molecule has 100 valence electrons. The molecule has 0 bridgehead atoms. The average Bonchev–Trinajstić information content (AvgIpc) is 2.85. The minimum absolute atomic E-state index is 0.502. The Bertz CT molecular complexity index is 569. The van der Waals surface area contributed by atoms with E-state index in [1.807, 2.05) is 24.7 Å². The second-order valence-electron chi connectivity index (χ2n) is 5.11. The van der Waals surface area contributed by atoms with E-state index < -0.39 is 0 Å². The number of hydrogen-bond acceptors (Lipinski definition) is 4. The van der Waals surface area contributed by atoms with Crippen molar-refractivity contribution in [3.05, 3.63) is 29.8 Å². The van der Waals surface area contributed by atoms with Gasteiger partial charge in [-0.05, 0) is 38.4 Å². The molecule has 2 aromatic heterocycles. The number of hydrogen-bond donors (Lipinski definition) is 1. The van der Waals surface area contributed by atoms with Gasteiger partial charge in [0, 0.05) is 31.4 Å². The highest BCUT2D eigenvalue weighted by Crippen LogP contribution is 2.25. The fraction of sp³-hybridized carbons (Fsp3) is 0.500. The van der Waals surface area contributed by atoms with Gasteiger partial charge in [0.2, 0.25) is 0 Å². The molecule has 1 fully saturated rings. The van der Waals surface area contributed by atoms with Crippen molar-refractivity contribution in [2.24, 2.45) is 7.05 Å². The summed E-state index contributed by atoms with van der Waals surface area (Å²) in [6.07, 6.45) is 4.22. The molecule has 0 spiro atoms. The molecule has 3 rings (SSSR count). The zero-order chi connectivity index (χ0) is 13.2. The Morgan fingerprint density at radius 1 is 1.37 bits per heavy atom. The summed E-state index contributed by atoms with van der Waals surface area (Å²) < 4.78 is 1.85. The van der Waals surface area contributed by atoms with E-state index in [1.54, 1.807) is 6.20 Å². The highest BCUT2D eigenvalue weighted by atomic mass is 15.3. The van der Waals surface area contributed by atoms with Gasteiger partial charge in [-0.15, -0.1) is 0 Å². The summed E-state index contributed by atoms with van der Waals surface area (Å²) >= 11 is 0. The van der Waals surface area contributed by atoms with Gasteiger partial charge in [-0.1, -0.05) is 0 Å². The second kappa shape index (κ2) is 5.09. The second-order valence-corrected chi connectivity index (χ2v) is 5.11. The van der Waals surface area contributed by atoms with Crippen LogP contribution in [0, 0.1) is 6.92 Å². The quantitative estimate of drug-likeness (QED) is 0.889. The maximum atomic E-state index is 4.62. The van der Waals surface area contributed by atoms with Crippen LogP contribution in [-0.4, -0.2) is 32.8 Å². The van der Waals surface area contributed by atoms with Gasteiger partial charge >= 0.3 is 0 Å². The Kier molecular flexibility index (Phi) is 3.29. The zero-order valence-corrected chi connectivity index (χ0v) is 11.4. The maximum Gasteiger partial charge on any atom is 0.126 e. The van der Waals surface area contributed by atoms with Crippen LogP contribution in [0.1, 0.15) is 30.3 Å². The van der Waals surface area contributed by atoms with Gasteiger partial charge in [0.15, 0.2) is 0 Å². The number of aryl methyl sites for hydroxylation is 2. The summed E-state index contributed by atoms with van der Waals surface area (Å²) in [5.41, 5.74) is 3.15. The monoisotopic (exact) mass is 257 g/mol. The van der Waals surface area contributed by atoms with Crippen LogP contribution >= 0.6 is 0 Å². The molecule has 1 N–H and O–H groups in total. The van der Waals surface area contributed by atoms with E-state index in [4.69, 9.17) is 0 Å². The first-order chi connectivity index (χ1) is 9.24. The van der Waals surface area contributed by atoms with Crippen molar-refractivity contribution < 1.29 is 0 Å². The summed E-state index contributed by atoms with van der Waals surface area (Å²) in [5, 5.41) is 7.65. The van der Waals surface area contributed by atoms with Crippen molar-refractivity contribution in [3.63, 3.8) is 0 Å². The van der Waals surface area contributed by atoms with Crippen LogP contribution in [0.25, 0.3) is 11.4 Å². The van der Waals surface area contributed by atoms with Gasteiger partial charge in [0.1, 0.15) is 5.82 Å². The van der Waals surface area contributed by atoms with Gasteiger partial charge in [-0.3, -0.25) is 4.68 Å². The van der Waals surface area contributed by atoms with Crippen LogP contribution in [0.3, 0.4) is 0 Å². The van der Waals surface area contributed by atoms with Gasteiger partial charge in [0.25, 0.3) is 0 Å². The van der Waals surface area contributed by atoms with E-state index in [0.29, 0.717) is 5.92 Å². The van der Waals surface area contributed by atoms with Gasteiger partial charge in [-0.25, -0.2) is 9.97 Å². The molecule has 1 aliphatic rings. The van der Waals surface area contributed by atoms with Crippen molar-refractivity contribution in [1.29, 1.82) is 0 Å². The van der Waals surface area contributed by atoms with Gasteiger partial charge in [0.05, 0.1) is 11.4 Å². The summed E-state index contributed by atoms with van der Waals surface area (Å²) in [4.78, 5) is 9.16. The van der Waals surface area contributed by atoms with E-state index in [1.165, 1.54) is 12.8 Å². The molecule has 0 radical (unpaired) electrons. The Hall–Kier alpha value is -1.75. The van der Waals surface area contributed by atoms with E-state index in [0.717, 1.165) is 36.0 Å². The number of rotatable bonds is 2. The molecule has 0 amide bonds. The molecule has 1 aliphatic heterocycles. The minimum Gasteiger partial charge on any atom is -0.316 e. The maximum absolute atomic E-state index is 4.62. The predicted octanol–water partition coefficient (Wildman–Crippen LogP) is 1.65. The van der Waals surface area contributed by atoms with E-state index >= 15 is 0 Å². The van der Waals surface area contributed by atoms with E-state index in [2.05, 4.69) is 26.4 Å². The third kappa shape index (κ3) is 2.51. The standard InChI is InChI=1S/C14H19N5/c1-10-17-12(11-4-3-6-15-9-11)8-13(18-10)14-5-7-16-19(14)2/h5,7-8,11,15H,3-4,6,9H2,1-2H3/t11-/m1/s1. The van der Waals surface area contributed by atoms with Crippen LogP contribution in [0.15, 0.2) is 18.3 Å². The topological polar surface area (TPSA) is 55.6 Å². The molecule has 0 aromatic carbocycles. The normalized spacial score (nSPS) is 19.6. The van der Waals surface area contributed by atoms with Crippen LogP contribution in [0.2, 0.25) is 0 Å². The first-order valence-electron chi connectivity index (χ1n) is 6.79. The highest BCUT2D eigenvalue weighted by molar-refractivity contribution is 5.54. The lowest BCUT2D eigenvalue weighted by Gasteiger charge is -2.22. The van der Waals surface area contributed by atoms with Crippen molar-refractivity contribution in [2.45, 2.75) is 25.7 Å². The van der Waals surface area contributed by atoms with E-state index in [9.17, 15) is 0 Å². The largest absolute Gasteiger partial charge is 0.316 e. The number of nitrogens with one attached hydrogen (secondary N) is 1. The lowest BCUT2D eigenvalue weighted by Crippen LogP contribution is -2.29. The smallest absolute Gasteiger partial charge is 0.126 e. The number of aromatic nitrogens is 4. The highest BCUT2D eigenvalue weighted by Gasteiger charge is 2.18. The number of piperidine rings is 1. The van der Waals surface area contributed by atoms with Crippen molar-refractivity contribution in [1.82, 2.24) is 25.1 Å². The number of nitrogens with zero attached hydrogens (tertiary/aromatic N) is 4. The van der Waals surface area contributed by atoms with Crippen LogP contribution in [0.4, 0.5) is 0 Å². The van der Waals surface area contributed by atoms with Crippen molar-refractivity contribution >= 4 is 0 Å². The van der Waals surface area contributed by atoms with E-state index in [-0.39, 0.29) is 0 Å². The molecular formula is C14H19N5. The fourth-order valence-electron chi connectivity index (χ4n) is 2.66. The SMILES string of the molecule is Cc1nc(-c2ccnn2C)cc([C@@H]2CCCNC2)n1. The van der Waals surface area contributed by atoms with Gasteiger partial charge in [-0.2, -0.15) is 5.10 Å². The predicted molar refractivity (Wildman–Crippen MR) is 73.8 cm³/mol. The molecule has 0 unspecified atom stereocenters. The molecule has 19 heavy (non-hydrogen) atoms. The Morgan fingerprint density at radius 3 is 2.95 bits per heavy atom. The van der Waals surface area contributed by atoms with Crippen molar-refractivity contribution in [2.75, 3.05) is 13.1 Å². The van der Waals surface area contributed by atoms with Gasteiger partial charge < -0.3 is 5.32 Å². The first-order valence-corrected chi connectivity index (χ1v) is 6.79. The third-order valence-corrected chi connectivity index (χ3v) is 3.66. The fourth-order valence-corrected chi connectivity index (χ4v) is 2.66. The summed E-state index contributed by atoms with van der Waals surface area (Å²) in [6.45, 7) is 4.09. The first kappa shape index (κ1) is 12.3. The van der Waals surface area contributed by atoms with Crippen LogP contribution in [0.5, 0.6) is 0 Å². The lowest BCUT2D eigenvalue weighted by atomic mass is 9.95.